The molecule has 0 bridgehead atoms. The molecule has 0 saturated carbocycles. The van der Waals surface area contributed by atoms with Crippen LogP contribution >= 0.6 is 0 Å². The molecule has 0 saturated heterocycles. The summed E-state index contributed by atoms with van der Waals surface area (Å²) >= 11 is 0. The topological polar surface area (TPSA) is 55.8 Å². The van der Waals surface area contributed by atoms with Crippen LogP contribution in [0.3, 0.4) is 0 Å². The Morgan fingerprint density at radius 2 is 1.11 bits per heavy atom. The normalized spacial score (nSPS) is 13.2. The quantitative estimate of drug-likeness (QED) is 0.210. The standard InChI is InChI=1S/C41H28N4/c1-41(2)35-13-5-9-17-39(35)45(40-18-10-6-14-36(40)41)31-23-28(32-20-19-27(25-42)21-29(32)26-43)22-30(24-31)44-37-15-7-3-11-33(37)34-12-4-8-16-38(34)44/h3-24H,1-2H3. The molecule has 1 aliphatic heterocycles. The van der Waals surface area contributed by atoms with Gasteiger partial charge in [-0.05, 0) is 76.9 Å². The van der Waals surface area contributed by atoms with Crippen LogP contribution in [-0.4, -0.2) is 4.57 Å². The molecule has 0 fully saturated rings. The van der Waals surface area contributed by atoms with Gasteiger partial charge in [0.05, 0.1) is 45.7 Å². The molecule has 0 amide bonds. The highest BCUT2D eigenvalue weighted by molar-refractivity contribution is 6.09. The molecule has 0 radical (unpaired) electrons. The second-order valence-electron chi connectivity index (χ2n) is 12.1. The first-order valence-electron chi connectivity index (χ1n) is 15.1. The fraction of sp³-hybridized carbons (Fsp3) is 0.0732. The molecule has 45 heavy (non-hydrogen) atoms. The van der Waals surface area contributed by atoms with Crippen LogP contribution < -0.4 is 4.90 Å². The molecule has 0 spiro atoms. The average molecular weight is 577 g/mol. The Kier molecular flexibility index (Phi) is 5.88. The Morgan fingerprint density at radius 1 is 0.556 bits per heavy atom. The molecular weight excluding hydrogens is 548 g/mol. The van der Waals surface area contributed by atoms with Gasteiger partial charge in [0, 0.05) is 27.6 Å². The van der Waals surface area contributed by atoms with Gasteiger partial charge in [-0.15, -0.1) is 0 Å². The van der Waals surface area contributed by atoms with Crippen molar-refractivity contribution in [1.29, 1.82) is 10.5 Å². The zero-order chi connectivity index (χ0) is 30.7. The van der Waals surface area contributed by atoms with Crippen LogP contribution in [0.2, 0.25) is 0 Å². The van der Waals surface area contributed by atoms with Gasteiger partial charge in [-0.1, -0.05) is 92.7 Å². The largest absolute Gasteiger partial charge is 0.310 e. The van der Waals surface area contributed by atoms with Crippen LogP contribution in [0.25, 0.3) is 38.6 Å². The summed E-state index contributed by atoms with van der Waals surface area (Å²) in [4.78, 5) is 2.35. The summed E-state index contributed by atoms with van der Waals surface area (Å²) in [6, 6.07) is 50.8. The summed E-state index contributed by atoms with van der Waals surface area (Å²) in [5, 5.41) is 22.1. The smallest absolute Gasteiger partial charge is 0.0998 e. The molecular formula is C41H28N4. The molecule has 0 unspecified atom stereocenters. The van der Waals surface area contributed by atoms with Crippen molar-refractivity contribution >= 4 is 38.9 Å². The number of hydrogen-bond acceptors (Lipinski definition) is 3. The Morgan fingerprint density at radius 3 is 1.71 bits per heavy atom. The Labute approximate surface area is 262 Å². The van der Waals surface area contributed by atoms with E-state index in [4.69, 9.17) is 0 Å². The zero-order valence-corrected chi connectivity index (χ0v) is 25.0. The van der Waals surface area contributed by atoms with Crippen molar-refractivity contribution < 1.29 is 0 Å². The number of para-hydroxylation sites is 4. The molecule has 0 aliphatic carbocycles. The molecule has 0 N–H and O–H groups in total. The van der Waals surface area contributed by atoms with Crippen LogP contribution in [0.1, 0.15) is 36.1 Å². The van der Waals surface area contributed by atoms with E-state index in [2.05, 4.69) is 151 Å². The summed E-state index contributed by atoms with van der Waals surface area (Å²) in [7, 11) is 0. The Balaban J connectivity index is 1.48. The van der Waals surface area contributed by atoms with Crippen LogP contribution in [0, 0.1) is 22.7 Å². The van der Waals surface area contributed by atoms with Crippen LogP contribution in [0.5, 0.6) is 0 Å². The van der Waals surface area contributed by atoms with E-state index in [0.29, 0.717) is 11.1 Å². The lowest BCUT2D eigenvalue weighted by molar-refractivity contribution is 0.632. The number of nitrogens with zero attached hydrogens (tertiary/aromatic N) is 4. The van der Waals surface area contributed by atoms with E-state index in [1.165, 1.54) is 21.9 Å². The number of hydrogen-bond donors (Lipinski definition) is 0. The van der Waals surface area contributed by atoms with Crippen molar-refractivity contribution in [1.82, 2.24) is 4.57 Å². The van der Waals surface area contributed by atoms with Gasteiger partial charge in [0.1, 0.15) is 0 Å². The molecule has 1 aromatic heterocycles. The first-order valence-corrected chi connectivity index (χ1v) is 15.1. The molecule has 4 heteroatoms. The fourth-order valence-electron chi connectivity index (χ4n) is 7.11. The fourth-order valence-corrected chi connectivity index (χ4v) is 7.11. The lowest BCUT2D eigenvalue weighted by Gasteiger charge is -2.42. The van der Waals surface area contributed by atoms with E-state index >= 15 is 0 Å². The molecule has 8 rings (SSSR count). The van der Waals surface area contributed by atoms with E-state index in [1.807, 2.05) is 6.07 Å². The summed E-state index contributed by atoms with van der Waals surface area (Å²) in [6.07, 6.45) is 0. The van der Waals surface area contributed by atoms with Gasteiger partial charge in [-0.2, -0.15) is 10.5 Å². The third kappa shape index (κ3) is 3.97. The Bertz CT molecular complexity index is 2290. The molecule has 212 valence electrons. The van der Waals surface area contributed by atoms with Gasteiger partial charge < -0.3 is 9.47 Å². The van der Waals surface area contributed by atoms with Gasteiger partial charge >= 0.3 is 0 Å². The first-order chi connectivity index (χ1) is 22.0. The number of rotatable bonds is 3. The number of nitriles is 2. The van der Waals surface area contributed by atoms with Crippen molar-refractivity contribution in [3.8, 4) is 29.0 Å². The van der Waals surface area contributed by atoms with Crippen molar-refractivity contribution in [2.75, 3.05) is 4.90 Å². The van der Waals surface area contributed by atoms with Gasteiger partial charge in [0.15, 0.2) is 0 Å². The summed E-state index contributed by atoms with van der Waals surface area (Å²) in [5.41, 5.74) is 11.4. The second kappa shape index (κ2) is 9.98. The second-order valence-corrected chi connectivity index (χ2v) is 12.1. The minimum atomic E-state index is -0.182. The average Bonchev–Trinajstić information content (AvgIpc) is 3.42. The molecule has 4 nitrogen and oxygen atoms in total. The first kappa shape index (κ1) is 26.5. The third-order valence-electron chi connectivity index (χ3n) is 9.22. The van der Waals surface area contributed by atoms with Crippen molar-refractivity contribution in [3.63, 3.8) is 0 Å². The Hall–Kier alpha value is -6.10. The SMILES string of the molecule is CC1(C)c2ccccc2N(c2cc(-c3ccc(C#N)cc3C#N)cc(-n3c4ccccc4c4ccccc43)c2)c2ccccc21. The maximum atomic E-state index is 10.2. The molecule has 6 aromatic carbocycles. The van der Waals surface area contributed by atoms with E-state index < -0.39 is 0 Å². The molecule has 0 atom stereocenters. The van der Waals surface area contributed by atoms with Crippen molar-refractivity contribution in [3.05, 3.63) is 156 Å². The van der Waals surface area contributed by atoms with E-state index in [-0.39, 0.29) is 5.41 Å². The molecule has 7 aromatic rings. The minimum absolute atomic E-state index is 0.182. The molecule has 2 heterocycles. The minimum Gasteiger partial charge on any atom is -0.310 e. The maximum Gasteiger partial charge on any atom is 0.0998 e. The predicted octanol–water partition coefficient (Wildman–Crippen LogP) is 10.3. The zero-order valence-electron chi connectivity index (χ0n) is 25.0. The number of aromatic nitrogens is 1. The highest BCUT2D eigenvalue weighted by Gasteiger charge is 2.36. The lowest BCUT2D eigenvalue weighted by atomic mass is 9.73. The van der Waals surface area contributed by atoms with E-state index in [9.17, 15) is 10.5 Å². The van der Waals surface area contributed by atoms with Crippen molar-refractivity contribution in [2.24, 2.45) is 0 Å². The van der Waals surface area contributed by atoms with E-state index in [0.717, 1.165) is 44.9 Å². The van der Waals surface area contributed by atoms with E-state index in [1.54, 1.807) is 12.1 Å². The highest BCUT2D eigenvalue weighted by Crippen LogP contribution is 2.52. The number of anilines is 3. The number of benzene rings is 6. The third-order valence-corrected chi connectivity index (χ3v) is 9.22. The monoisotopic (exact) mass is 576 g/mol. The van der Waals surface area contributed by atoms with Gasteiger partial charge in [-0.3, -0.25) is 0 Å². The highest BCUT2D eigenvalue weighted by atomic mass is 15.2. The maximum absolute atomic E-state index is 10.2. The summed E-state index contributed by atoms with van der Waals surface area (Å²) in [5.74, 6) is 0. The predicted molar refractivity (Wildman–Crippen MR) is 182 cm³/mol. The van der Waals surface area contributed by atoms with Gasteiger partial charge in [0.2, 0.25) is 0 Å². The summed E-state index contributed by atoms with van der Waals surface area (Å²) in [6.45, 7) is 4.58. The van der Waals surface area contributed by atoms with Gasteiger partial charge in [0.25, 0.3) is 0 Å². The van der Waals surface area contributed by atoms with Crippen LogP contribution in [0.4, 0.5) is 17.1 Å². The van der Waals surface area contributed by atoms with Crippen LogP contribution in [-0.2, 0) is 5.41 Å². The van der Waals surface area contributed by atoms with Crippen molar-refractivity contribution in [2.45, 2.75) is 19.3 Å². The summed E-state index contributed by atoms with van der Waals surface area (Å²) < 4.78 is 2.32. The molecule has 1 aliphatic rings. The lowest BCUT2D eigenvalue weighted by Crippen LogP contribution is -2.30. The van der Waals surface area contributed by atoms with Gasteiger partial charge in [-0.25, -0.2) is 0 Å². The number of fused-ring (bicyclic) bond motifs is 5. The van der Waals surface area contributed by atoms with Crippen LogP contribution in [0.15, 0.2) is 133 Å².